The molecule has 0 spiro atoms. The predicted molar refractivity (Wildman–Crippen MR) is 105 cm³/mol. The minimum absolute atomic E-state index is 0. The molecular weight excluding hydrogens is 376 g/mol. The molecule has 0 saturated heterocycles. The van der Waals surface area contributed by atoms with Crippen LogP contribution in [0.2, 0.25) is 0 Å². The fraction of sp³-hybridized carbons (Fsp3) is 0.0500. The molecule has 0 atom stereocenters. The summed E-state index contributed by atoms with van der Waals surface area (Å²) in [5.41, 5.74) is 0.695. The molecule has 0 bridgehead atoms. The normalized spacial score (nSPS) is 9.52. The van der Waals surface area contributed by atoms with Gasteiger partial charge in [0, 0.05) is 0 Å². The third-order valence-electron chi connectivity index (χ3n) is 3.81. The van der Waals surface area contributed by atoms with Crippen LogP contribution in [0.5, 0.6) is 0 Å². The van der Waals surface area contributed by atoms with Crippen molar-refractivity contribution in [1.82, 2.24) is 0 Å². The summed E-state index contributed by atoms with van der Waals surface area (Å²) in [4.78, 5) is 32.0. The zero-order valence-electron chi connectivity index (χ0n) is 13.8. The summed E-state index contributed by atoms with van der Waals surface area (Å²) in [7, 11) is 0. The monoisotopic (exact) mass is 394 g/mol. The number of benzene rings is 3. The molecule has 0 radical (unpaired) electrons. The van der Waals surface area contributed by atoms with Crippen LogP contribution in [0.4, 0.5) is 0 Å². The summed E-state index contributed by atoms with van der Waals surface area (Å²) >= 11 is 0. The van der Waals surface area contributed by atoms with E-state index in [4.69, 9.17) is 15.3 Å². The third-order valence-corrected chi connectivity index (χ3v) is 3.81. The zero-order chi connectivity index (χ0) is 19.3. The van der Waals surface area contributed by atoms with Crippen molar-refractivity contribution in [1.29, 1.82) is 0 Å². The van der Waals surface area contributed by atoms with Crippen molar-refractivity contribution < 1.29 is 29.7 Å². The summed E-state index contributed by atoms with van der Waals surface area (Å²) in [6.07, 6.45) is 0. The number of hydrogen-bond acceptors (Lipinski definition) is 3. The SMILES string of the molecule is Cc1c(C(=O)O)cccc1C(=O)O.O=C(O)c1cccc2ccccc12.[CaH2]. The van der Waals surface area contributed by atoms with Crippen molar-refractivity contribution in [2.75, 3.05) is 0 Å². The van der Waals surface area contributed by atoms with Gasteiger partial charge in [-0.15, -0.1) is 0 Å². The van der Waals surface area contributed by atoms with Crippen LogP contribution in [-0.4, -0.2) is 71.0 Å². The molecule has 27 heavy (non-hydrogen) atoms. The molecule has 3 aromatic rings. The Balaban J connectivity index is 0.000000260. The Bertz CT molecular complexity index is 959. The van der Waals surface area contributed by atoms with E-state index in [0.717, 1.165) is 10.8 Å². The first-order valence-corrected chi connectivity index (χ1v) is 7.60. The second-order valence-electron chi connectivity index (χ2n) is 5.42. The second kappa shape index (κ2) is 10.1. The third kappa shape index (κ3) is 5.53. The molecule has 7 heteroatoms. The van der Waals surface area contributed by atoms with Crippen LogP contribution < -0.4 is 0 Å². The molecule has 0 saturated carbocycles. The zero-order valence-corrected chi connectivity index (χ0v) is 13.8. The van der Waals surface area contributed by atoms with E-state index in [1.54, 1.807) is 12.1 Å². The Morgan fingerprint density at radius 1 is 0.630 bits per heavy atom. The molecule has 3 N–H and O–H groups in total. The summed E-state index contributed by atoms with van der Waals surface area (Å²) in [6.45, 7) is 1.48. The van der Waals surface area contributed by atoms with Crippen molar-refractivity contribution in [2.24, 2.45) is 0 Å². The van der Waals surface area contributed by atoms with Crippen molar-refractivity contribution in [3.63, 3.8) is 0 Å². The van der Waals surface area contributed by atoms with E-state index in [0.29, 0.717) is 5.56 Å². The Labute approximate surface area is 185 Å². The number of rotatable bonds is 3. The second-order valence-corrected chi connectivity index (χ2v) is 5.42. The predicted octanol–water partition coefficient (Wildman–Crippen LogP) is 3.01. The van der Waals surface area contributed by atoms with Gasteiger partial charge >= 0.3 is 55.6 Å². The number of aromatic carboxylic acids is 3. The van der Waals surface area contributed by atoms with Crippen LogP contribution in [0.3, 0.4) is 0 Å². The molecule has 0 aliphatic rings. The van der Waals surface area contributed by atoms with Gasteiger partial charge in [-0.2, -0.15) is 0 Å². The first kappa shape index (κ1) is 22.6. The van der Waals surface area contributed by atoms with Gasteiger partial charge < -0.3 is 15.3 Å². The number of fused-ring (bicyclic) bond motifs is 1. The molecule has 0 aliphatic carbocycles. The number of carboxylic acids is 3. The molecule has 0 amide bonds. The molecule has 3 aromatic carbocycles. The quantitative estimate of drug-likeness (QED) is 0.589. The molecule has 0 aromatic heterocycles. The van der Waals surface area contributed by atoms with Gasteiger partial charge in [0.2, 0.25) is 0 Å². The molecule has 0 unspecified atom stereocenters. The number of hydrogen-bond donors (Lipinski definition) is 3. The maximum absolute atomic E-state index is 10.8. The van der Waals surface area contributed by atoms with Gasteiger partial charge in [-0.1, -0.05) is 42.5 Å². The van der Waals surface area contributed by atoms with Crippen LogP contribution in [0.15, 0.2) is 60.7 Å². The van der Waals surface area contributed by atoms with E-state index in [2.05, 4.69) is 0 Å². The van der Waals surface area contributed by atoms with Crippen LogP contribution >= 0.6 is 0 Å². The Hall–Kier alpha value is -2.41. The van der Waals surface area contributed by atoms with Gasteiger partial charge in [0.1, 0.15) is 0 Å². The van der Waals surface area contributed by atoms with E-state index >= 15 is 0 Å². The van der Waals surface area contributed by atoms with E-state index in [1.165, 1.54) is 25.1 Å². The van der Waals surface area contributed by atoms with E-state index < -0.39 is 17.9 Å². The Morgan fingerprint density at radius 2 is 1.04 bits per heavy atom. The Kier molecular flexibility index (Phi) is 8.43. The fourth-order valence-corrected chi connectivity index (χ4v) is 2.51. The van der Waals surface area contributed by atoms with Gasteiger partial charge in [-0.3, -0.25) is 0 Å². The van der Waals surface area contributed by atoms with Crippen molar-refractivity contribution in [2.45, 2.75) is 6.92 Å². The fourth-order valence-electron chi connectivity index (χ4n) is 2.51. The average Bonchev–Trinajstić information content (AvgIpc) is 2.61. The van der Waals surface area contributed by atoms with Crippen LogP contribution in [-0.2, 0) is 0 Å². The summed E-state index contributed by atoms with van der Waals surface area (Å²) in [5.74, 6) is -3.10. The van der Waals surface area contributed by atoms with Crippen LogP contribution in [0.25, 0.3) is 10.8 Å². The number of carboxylic acid groups (broad SMARTS) is 3. The summed E-state index contributed by atoms with van der Waals surface area (Å²) < 4.78 is 0. The number of carbonyl (C=O) groups is 3. The van der Waals surface area contributed by atoms with Gasteiger partial charge in [-0.25, -0.2) is 14.4 Å². The molecule has 0 fully saturated rings. The van der Waals surface area contributed by atoms with Gasteiger partial charge in [0.25, 0.3) is 0 Å². The topological polar surface area (TPSA) is 112 Å². The summed E-state index contributed by atoms with van der Waals surface area (Å²) in [5, 5.41) is 28.0. The first-order valence-electron chi connectivity index (χ1n) is 7.60. The van der Waals surface area contributed by atoms with E-state index in [1.807, 2.05) is 30.3 Å². The standard InChI is InChI=1S/C11H8O2.C9H8O4.Ca.2H/c12-11(13)10-7-3-5-8-4-1-2-6-9(8)10;1-5-6(8(10)11)3-2-4-7(5)9(12)13;;;/h1-7H,(H,12,13);2-4H,1H3,(H,10,11)(H,12,13);;;. The van der Waals surface area contributed by atoms with Gasteiger partial charge in [0.05, 0.1) is 16.7 Å². The van der Waals surface area contributed by atoms with Crippen molar-refractivity contribution in [3.05, 3.63) is 82.9 Å². The maximum atomic E-state index is 10.8. The van der Waals surface area contributed by atoms with E-state index in [9.17, 15) is 14.4 Å². The van der Waals surface area contributed by atoms with Crippen LogP contribution in [0, 0.1) is 6.92 Å². The van der Waals surface area contributed by atoms with E-state index in [-0.39, 0.29) is 54.4 Å². The van der Waals surface area contributed by atoms with Crippen molar-refractivity contribution in [3.8, 4) is 0 Å². The van der Waals surface area contributed by atoms with Crippen molar-refractivity contribution >= 4 is 66.4 Å². The van der Waals surface area contributed by atoms with Crippen LogP contribution in [0.1, 0.15) is 36.6 Å². The molecule has 6 nitrogen and oxygen atoms in total. The molecular formula is C20H18CaO6. The Morgan fingerprint density at radius 3 is 1.56 bits per heavy atom. The average molecular weight is 394 g/mol. The molecule has 3 rings (SSSR count). The molecule has 136 valence electrons. The summed E-state index contributed by atoms with van der Waals surface area (Å²) in [6, 6.07) is 16.9. The molecule has 0 aliphatic heterocycles. The first-order chi connectivity index (χ1) is 12.3. The van der Waals surface area contributed by atoms with Gasteiger partial charge in [0.15, 0.2) is 0 Å². The molecule has 0 heterocycles. The van der Waals surface area contributed by atoms with Gasteiger partial charge in [-0.05, 0) is 41.5 Å². The minimum atomic E-state index is -1.11.